The van der Waals surface area contributed by atoms with Gasteiger partial charge < -0.3 is 15.4 Å². The molecule has 0 radical (unpaired) electrons. The molecule has 1 aromatic rings. The highest BCUT2D eigenvalue weighted by atomic mass is 16.5. The van der Waals surface area contributed by atoms with Gasteiger partial charge in [0.15, 0.2) is 0 Å². The number of nitrogens with two attached hydrogens (primary N) is 1. The van der Waals surface area contributed by atoms with Gasteiger partial charge in [0, 0.05) is 29.6 Å². The molecule has 2 fully saturated rings. The van der Waals surface area contributed by atoms with Crippen molar-refractivity contribution in [3.8, 4) is 5.75 Å². The molecule has 0 aromatic heterocycles. The van der Waals surface area contributed by atoms with Crippen LogP contribution in [0.1, 0.15) is 62.6 Å². The minimum absolute atomic E-state index is 0.194. The Morgan fingerprint density at radius 2 is 2.12 bits per heavy atom. The molecule has 6 nitrogen and oxygen atoms in total. The molecular weight excluding hydrogens is 328 g/mol. The number of carbonyl (C=O) groups excluding carboxylic acids is 1. The van der Waals surface area contributed by atoms with E-state index in [0.29, 0.717) is 0 Å². The highest BCUT2D eigenvalue weighted by Gasteiger charge is 2.39. The van der Waals surface area contributed by atoms with Gasteiger partial charge in [0.1, 0.15) is 11.8 Å². The van der Waals surface area contributed by atoms with Crippen LogP contribution in [-0.4, -0.2) is 24.6 Å². The zero-order valence-corrected chi connectivity index (χ0v) is 15.4. The van der Waals surface area contributed by atoms with Crippen molar-refractivity contribution in [2.45, 2.75) is 70.1 Å². The van der Waals surface area contributed by atoms with Crippen molar-refractivity contribution >= 4 is 11.6 Å². The van der Waals surface area contributed by atoms with E-state index >= 15 is 0 Å². The monoisotopic (exact) mass is 356 g/mol. The van der Waals surface area contributed by atoms with Crippen molar-refractivity contribution in [2.75, 3.05) is 11.4 Å². The molecule has 2 aliphatic carbocycles. The van der Waals surface area contributed by atoms with Gasteiger partial charge in [0.05, 0.1) is 11.8 Å². The van der Waals surface area contributed by atoms with Gasteiger partial charge in [-0.05, 0) is 57.9 Å². The van der Waals surface area contributed by atoms with Crippen LogP contribution in [-0.2, 0) is 11.2 Å². The van der Waals surface area contributed by atoms with Gasteiger partial charge in [0.25, 0.3) is 0 Å². The molecule has 3 aliphatic rings. The van der Waals surface area contributed by atoms with E-state index < -0.39 is 0 Å². The highest BCUT2D eigenvalue weighted by Crippen LogP contribution is 2.45. The van der Waals surface area contributed by atoms with Crippen LogP contribution < -0.4 is 15.4 Å². The predicted molar refractivity (Wildman–Crippen MR) is 99.6 cm³/mol. The molecule has 26 heavy (non-hydrogen) atoms. The van der Waals surface area contributed by atoms with Crippen LogP contribution >= 0.6 is 0 Å². The number of hydrogen-bond donors (Lipinski definition) is 2. The summed E-state index contributed by atoms with van der Waals surface area (Å²) in [6.07, 6.45) is 7.39. The number of ether oxygens (including phenoxy) is 1. The topological polar surface area (TPSA) is 91.8 Å². The number of rotatable bonds is 6. The van der Waals surface area contributed by atoms with E-state index in [9.17, 15) is 4.79 Å². The van der Waals surface area contributed by atoms with Crippen molar-refractivity contribution in [2.24, 2.45) is 16.8 Å². The molecule has 3 N–H and O–H groups in total. The quantitative estimate of drug-likeness (QED) is 0.761. The second-order valence-electron chi connectivity index (χ2n) is 7.90. The second-order valence-corrected chi connectivity index (χ2v) is 7.90. The Hall–Kier alpha value is -1.95. The van der Waals surface area contributed by atoms with Crippen molar-refractivity contribution in [3.05, 3.63) is 23.3 Å². The lowest BCUT2D eigenvalue weighted by atomic mass is 9.90. The normalized spacial score (nSPS) is 23.8. The van der Waals surface area contributed by atoms with E-state index in [1.54, 1.807) is 0 Å². The number of anilines is 1. The second kappa shape index (κ2) is 6.99. The number of benzene rings is 1. The molecule has 6 heteroatoms. The van der Waals surface area contributed by atoms with Crippen LogP contribution in [0.25, 0.3) is 0 Å². The van der Waals surface area contributed by atoms with E-state index in [4.69, 9.17) is 16.0 Å². The first-order chi connectivity index (χ1) is 12.6. The molecule has 2 saturated carbocycles. The summed E-state index contributed by atoms with van der Waals surface area (Å²) >= 11 is 0. The molecule has 140 valence electrons. The Bertz CT molecular complexity index is 712. The van der Waals surface area contributed by atoms with E-state index in [0.717, 1.165) is 61.1 Å². The van der Waals surface area contributed by atoms with E-state index in [1.807, 2.05) is 17.0 Å². The maximum atomic E-state index is 12.9. The molecule has 1 heterocycles. The van der Waals surface area contributed by atoms with Gasteiger partial charge in [-0.2, -0.15) is 5.11 Å². The zero-order valence-electron chi connectivity index (χ0n) is 15.4. The summed E-state index contributed by atoms with van der Waals surface area (Å²) in [6, 6.07) is 3.81. The molecule has 1 aromatic carbocycles. The minimum atomic E-state index is -0.387. The Kier molecular flexibility index (Phi) is 4.69. The van der Waals surface area contributed by atoms with Crippen LogP contribution in [0.15, 0.2) is 17.2 Å². The number of hydrogen-bond acceptors (Lipinski definition) is 5. The fourth-order valence-electron chi connectivity index (χ4n) is 3.99. The molecule has 1 amide bonds. The Labute approximate surface area is 154 Å². The summed E-state index contributed by atoms with van der Waals surface area (Å²) in [6.45, 7) is 2.41. The lowest BCUT2D eigenvalue weighted by Gasteiger charge is -2.38. The maximum Gasteiger partial charge on any atom is 0.230 e. The van der Waals surface area contributed by atoms with Gasteiger partial charge in [-0.1, -0.05) is 6.07 Å². The number of carbonyl (C=O) groups is 1. The van der Waals surface area contributed by atoms with Gasteiger partial charge in [0.2, 0.25) is 5.91 Å². The first-order valence-corrected chi connectivity index (χ1v) is 9.86. The first-order valence-electron chi connectivity index (χ1n) is 9.86. The van der Waals surface area contributed by atoms with Gasteiger partial charge in [-0.15, -0.1) is 0 Å². The third-order valence-corrected chi connectivity index (χ3v) is 6.02. The van der Waals surface area contributed by atoms with Crippen molar-refractivity contribution < 1.29 is 9.53 Å². The minimum Gasteiger partial charge on any atom is -0.490 e. The molecule has 1 aliphatic heterocycles. The molecule has 0 saturated heterocycles. The molecule has 0 bridgehead atoms. The average Bonchev–Trinajstić information content (AvgIpc) is 3.44. The van der Waals surface area contributed by atoms with Crippen LogP contribution in [0.3, 0.4) is 0 Å². The lowest BCUT2D eigenvalue weighted by Crippen LogP contribution is -2.43. The Balaban J connectivity index is 1.77. The number of fused-ring (bicyclic) bond motifs is 1. The standard InChI is InChI=1S/C20H28N4O2/c1-12-5-8-16-18(24(12)20(25)13-6-7-13)10-9-15(17(11-21)23-22)19(16)26-14-3-2-4-14/h9-10,12-14,17,22H,2-8,11,21H2,1H3. The van der Waals surface area contributed by atoms with Gasteiger partial charge in [-0.25, -0.2) is 5.53 Å². The number of amides is 1. The summed E-state index contributed by atoms with van der Waals surface area (Å²) in [5.74, 6) is 1.28. The van der Waals surface area contributed by atoms with Crippen LogP contribution in [0.5, 0.6) is 5.75 Å². The van der Waals surface area contributed by atoms with Crippen LogP contribution in [0.2, 0.25) is 0 Å². The van der Waals surface area contributed by atoms with Gasteiger partial charge in [-0.3, -0.25) is 4.79 Å². The van der Waals surface area contributed by atoms with Crippen molar-refractivity contribution in [1.29, 1.82) is 5.53 Å². The fraction of sp³-hybridized carbons (Fsp3) is 0.650. The summed E-state index contributed by atoms with van der Waals surface area (Å²) in [4.78, 5) is 14.9. The summed E-state index contributed by atoms with van der Waals surface area (Å²) in [7, 11) is 0. The van der Waals surface area contributed by atoms with Gasteiger partial charge >= 0.3 is 0 Å². The SMILES string of the molecule is CC1CCc2c(ccc(C(CN)N=N)c2OC2CCC2)N1C(=O)C1CC1. The molecule has 2 unspecified atom stereocenters. The lowest BCUT2D eigenvalue weighted by molar-refractivity contribution is -0.120. The molecule has 4 rings (SSSR count). The van der Waals surface area contributed by atoms with Crippen molar-refractivity contribution in [3.63, 3.8) is 0 Å². The summed E-state index contributed by atoms with van der Waals surface area (Å²) in [5.41, 5.74) is 16.3. The van der Waals surface area contributed by atoms with Crippen LogP contribution in [0, 0.1) is 11.4 Å². The largest absolute Gasteiger partial charge is 0.490 e. The first kappa shape index (κ1) is 17.5. The number of nitrogens with zero attached hydrogens (tertiary/aromatic N) is 2. The molecule has 2 atom stereocenters. The third kappa shape index (κ3) is 3.00. The smallest absolute Gasteiger partial charge is 0.230 e. The highest BCUT2D eigenvalue weighted by molar-refractivity contribution is 5.98. The maximum absolute atomic E-state index is 12.9. The fourth-order valence-corrected chi connectivity index (χ4v) is 3.99. The summed E-state index contributed by atoms with van der Waals surface area (Å²) in [5, 5.41) is 3.71. The molecule has 0 spiro atoms. The number of nitrogens with one attached hydrogen (secondary N) is 1. The Morgan fingerprint density at radius 3 is 2.69 bits per heavy atom. The zero-order chi connectivity index (χ0) is 18.3. The molecular formula is C20H28N4O2. The third-order valence-electron chi connectivity index (χ3n) is 6.02. The predicted octanol–water partition coefficient (Wildman–Crippen LogP) is 3.73. The van der Waals surface area contributed by atoms with E-state index in [2.05, 4.69) is 12.0 Å². The van der Waals surface area contributed by atoms with Crippen molar-refractivity contribution in [1.82, 2.24) is 0 Å². The Morgan fingerprint density at radius 1 is 1.35 bits per heavy atom. The van der Waals surface area contributed by atoms with E-state index in [1.165, 1.54) is 6.42 Å². The average molecular weight is 356 g/mol. The van der Waals surface area contributed by atoms with Crippen LogP contribution in [0.4, 0.5) is 5.69 Å². The summed E-state index contributed by atoms with van der Waals surface area (Å²) < 4.78 is 6.37. The van der Waals surface area contributed by atoms with E-state index in [-0.39, 0.29) is 36.6 Å².